The van der Waals surface area contributed by atoms with Crippen molar-refractivity contribution in [1.29, 1.82) is 0 Å². The summed E-state index contributed by atoms with van der Waals surface area (Å²) >= 11 is 0. The lowest BCUT2D eigenvalue weighted by Gasteiger charge is -2.15. The van der Waals surface area contributed by atoms with E-state index in [9.17, 15) is 5.11 Å². The number of oxazole rings is 1. The molecule has 0 radical (unpaired) electrons. The van der Waals surface area contributed by atoms with Gasteiger partial charge in [-0.15, -0.1) is 0 Å². The monoisotopic (exact) mass is 218 g/mol. The van der Waals surface area contributed by atoms with E-state index in [2.05, 4.69) is 10.3 Å². The summed E-state index contributed by atoms with van der Waals surface area (Å²) < 4.78 is 5.11. The van der Waals surface area contributed by atoms with Gasteiger partial charge < -0.3 is 14.8 Å². The standard InChI is InChI=1S/C12H14N2O2/c15-8-12(10-4-2-1-3-5-10)14-7-11-6-13-9-16-11/h1-6,9,12,14-15H,7-8H2/t12-/m0/s1. The minimum Gasteiger partial charge on any atom is -0.447 e. The van der Waals surface area contributed by atoms with E-state index in [-0.39, 0.29) is 12.6 Å². The zero-order valence-corrected chi connectivity index (χ0v) is 8.84. The van der Waals surface area contributed by atoms with Gasteiger partial charge in [-0.1, -0.05) is 30.3 Å². The Hall–Kier alpha value is -1.65. The number of aliphatic hydroxyl groups is 1. The van der Waals surface area contributed by atoms with Crippen LogP contribution < -0.4 is 5.32 Å². The van der Waals surface area contributed by atoms with E-state index in [1.165, 1.54) is 6.39 Å². The van der Waals surface area contributed by atoms with Gasteiger partial charge in [-0.05, 0) is 5.56 Å². The minimum atomic E-state index is -0.0775. The van der Waals surface area contributed by atoms with Crippen molar-refractivity contribution < 1.29 is 9.52 Å². The summed E-state index contributed by atoms with van der Waals surface area (Å²) in [5.41, 5.74) is 1.06. The number of hydrogen-bond acceptors (Lipinski definition) is 4. The highest BCUT2D eigenvalue weighted by atomic mass is 16.3. The predicted octanol–water partition coefficient (Wildman–Crippen LogP) is 1.50. The maximum Gasteiger partial charge on any atom is 0.180 e. The van der Waals surface area contributed by atoms with Crippen molar-refractivity contribution in [3.63, 3.8) is 0 Å². The van der Waals surface area contributed by atoms with E-state index in [4.69, 9.17) is 4.42 Å². The molecule has 0 unspecified atom stereocenters. The van der Waals surface area contributed by atoms with E-state index in [1.807, 2.05) is 30.3 Å². The fourth-order valence-corrected chi connectivity index (χ4v) is 1.53. The molecule has 0 aliphatic heterocycles. The molecule has 0 fully saturated rings. The molecule has 0 saturated heterocycles. The van der Waals surface area contributed by atoms with Crippen LogP contribution in [-0.4, -0.2) is 16.7 Å². The molecular weight excluding hydrogens is 204 g/mol. The molecule has 0 bridgehead atoms. The summed E-state index contributed by atoms with van der Waals surface area (Å²) in [4.78, 5) is 3.83. The van der Waals surface area contributed by atoms with Crippen LogP contribution in [0.1, 0.15) is 17.4 Å². The van der Waals surface area contributed by atoms with Gasteiger partial charge in [0.1, 0.15) is 5.76 Å². The van der Waals surface area contributed by atoms with Gasteiger partial charge in [0.2, 0.25) is 0 Å². The van der Waals surface area contributed by atoms with E-state index in [1.54, 1.807) is 6.20 Å². The summed E-state index contributed by atoms with van der Waals surface area (Å²) in [6, 6.07) is 9.74. The van der Waals surface area contributed by atoms with Gasteiger partial charge in [0.15, 0.2) is 6.39 Å². The molecule has 2 N–H and O–H groups in total. The van der Waals surface area contributed by atoms with E-state index in [0.717, 1.165) is 11.3 Å². The van der Waals surface area contributed by atoms with E-state index < -0.39 is 0 Å². The fraction of sp³-hybridized carbons (Fsp3) is 0.250. The lowest BCUT2D eigenvalue weighted by atomic mass is 10.1. The Morgan fingerprint density at radius 3 is 2.75 bits per heavy atom. The first-order valence-electron chi connectivity index (χ1n) is 5.16. The van der Waals surface area contributed by atoms with Gasteiger partial charge >= 0.3 is 0 Å². The molecule has 1 aromatic carbocycles. The molecule has 2 aromatic rings. The highest BCUT2D eigenvalue weighted by Crippen LogP contribution is 2.12. The van der Waals surface area contributed by atoms with Crippen LogP contribution in [0.15, 0.2) is 47.3 Å². The van der Waals surface area contributed by atoms with Crippen molar-refractivity contribution >= 4 is 0 Å². The summed E-state index contributed by atoms with van der Waals surface area (Å²) in [7, 11) is 0. The van der Waals surface area contributed by atoms with Crippen LogP contribution in [0.4, 0.5) is 0 Å². The van der Waals surface area contributed by atoms with E-state index in [0.29, 0.717) is 6.54 Å². The lowest BCUT2D eigenvalue weighted by molar-refractivity contribution is 0.241. The van der Waals surface area contributed by atoms with Crippen molar-refractivity contribution in [2.24, 2.45) is 0 Å². The second-order valence-corrected chi connectivity index (χ2v) is 3.49. The molecule has 0 aliphatic rings. The summed E-state index contributed by atoms with van der Waals surface area (Å²) in [6.45, 7) is 0.609. The number of aliphatic hydroxyl groups excluding tert-OH is 1. The van der Waals surface area contributed by atoms with Crippen LogP contribution in [0.2, 0.25) is 0 Å². The van der Waals surface area contributed by atoms with Crippen LogP contribution in [-0.2, 0) is 6.54 Å². The molecule has 0 saturated carbocycles. The molecule has 1 atom stereocenters. The molecule has 1 aromatic heterocycles. The van der Waals surface area contributed by atoms with Crippen LogP contribution in [0.3, 0.4) is 0 Å². The van der Waals surface area contributed by atoms with Crippen molar-refractivity contribution in [2.75, 3.05) is 6.61 Å². The number of hydrogen-bond donors (Lipinski definition) is 2. The second-order valence-electron chi connectivity index (χ2n) is 3.49. The maximum atomic E-state index is 9.30. The lowest BCUT2D eigenvalue weighted by Crippen LogP contribution is -2.23. The van der Waals surface area contributed by atoms with Gasteiger partial charge in [0.25, 0.3) is 0 Å². The molecule has 2 rings (SSSR count). The quantitative estimate of drug-likeness (QED) is 0.798. The van der Waals surface area contributed by atoms with Gasteiger partial charge in [-0.3, -0.25) is 0 Å². The zero-order chi connectivity index (χ0) is 11.2. The molecule has 1 heterocycles. The van der Waals surface area contributed by atoms with Crippen molar-refractivity contribution in [1.82, 2.24) is 10.3 Å². The van der Waals surface area contributed by atoms with Gasteiger partial charge in [-0.25, -0.2) is 4.98 Å². The Morgan fingerprint density at radius 1 is 1.31 bits per heavy atom. The summed E-state index contributed by atoms with van der Waals surface area (Å²) in [5.74, 6) is 0.759. The number of benzene rings is 1. The maximum absolute atomic E-state index is 9.30. The summed E-state index contributed by atoms with van der Waals surface area (Å²) in [6.07, 6.45) is 3.06. The first-order chi connectivity index (χ1) is 7.90. The van der Waals surface area contributed by atoms with Gasteiger partial charge in [0, 0.05) is 0 Å². The third kappa shape index (κ3) is 2.68. The number of rotatable bonds is 5. The molecule has 4 heteroatoms. The SMILES string of the molecule is OC[C@H](NCc1cnco1)c1ccccc1. The third-order valence-electron chi connectivity index (χ3n) is 2.39. The zero-order valence-electron chi connectivity index (χ0n) is 8.84. The molecular formula is C12H14N2O2. The van der Waals surface area contributed by atoms with Crippen LogP contribution in [0.5, 0.6) is 0 Å². The molecule has 0 aliphatic carbocycles. The highest BCUT2D eigenvalue weighted by Gasteiger charge is 2.09. The van der Waals surface area contributed by atoms with Crippen molar-refractivity contribution in [3.05, 3.63) is 54.2 Å². The summed E-state index contributed by atoms with van der Waals surface area (Å²) in [5, 5.41) is 12.5. The Kier molecular flexibility index (Phi) is 3.69. The first-order valence-corrected chi connectivity index (χ1v) is 5.16. The molecule has 0 amide bonds. The molecule has 84 valence electrons. The number of nitrogens with zero attached hydrogens (tertiary/aromatic N) is 1. The molecule has 4 nitrogen and oxygen atoms in total. The normalized spacial score (nSPS) is 12.6. The predicted molar refractivity (Wildman–Crippen MR) is 59.6 cm³/mol. The van der Waals surface area contributed by atoms with E-state index >= 15 is 0 Å². The molecule has 16 heavy (non-hydrogen) atoms. The van der Waals surface area contributed by atoms with Crippen LogP contribution in [0, 0.1) is 0 Å². The number of aromatic nitrogens is 1. The third-order valence-corrected chi connectivity index (χ3v) is 2.39. The van der Waals surface area contributed by atoms with Gasteiger partial charge in [0.05, 0.1) is 25.4 Å². The average molecular weight is 218 g/mol. The van der Waals surface area contributed by atoms with Crippen molar-refractivity contribution in [2.45, 2.75) is 12.6 Å². The first kappa shape index (κ1) is 10.9. The van der Waals surface area contributed by atoms with Crippen molar-refractivity contribution in [3.8, 4) is 0 Å². The minimum absolute atomic E-state index is 0.0537. The smallest absolute Gasteiger partial charge is 0.180 e. The Morgan fingerprint density at radius 2 is 2.12 bits per heavy atom. The Labute approximate surface area is 93.9 Å². The van der Waals surface area contributed by atoms with Gasteiger partial charge in [-0.2, -0.15) is 0 Å². The Bertz CT molecular complexity index is 400. The fourth-order valence-electron chi connectivity index (χ4n) is 1.53. The second kappa shape index (κ2) is 5.44. The topological polar surface area (TPSA) is 58.3 Å². The number of nitrogens with one attached hydrogen (secondary N) is 1. The van der Waals surface area contributed by atoms with Crippen LogP contribution in [0.25, 0.3) is 0 Å². The largest absolute Gasteiger partial charge is 0.447 e. The molecule has 0 spiro atoms. The highest BCUT2D eigenvalue weighted by molar-refractivity contribution is 5.18. The average Bonchev–Trinajstić information content (AvgIpc) is 2.84. The van der Waals surface area contributed by atoms with Crippen LogP contribution >= 0.6 is 0 Å². The Balaban J connectivity index is 1.96.